The first-order valence-corrected chi connectivity index (χ1v) is 8.49. The van der Waals surface area contributed by atoms with Gasteiger partial charge in [0.15, 0.2) is 0 Å². The van der Waals surface area contributed by atoms with Crippen molar-refractivity contribution >= 4 is 5.97 Å². The number of aliphatic hydroxyl groups excluding tert-OH is 1. The molecule has 1 fully saturated rings. The average Bonchev–Trinajstić information content (AvgIpc) is 2.80. The van der Waals surface area contributed by atoms with Crippen LogP contribution in [-0.2, 0) is 17.6 Å². The summed E-state index contributed by atoms with van der Waals surface area (Å²) in [6.07, 6.45) is 4.26. The maximum absolute atomic E-state index is 11.3. The molecule has 0 amide bonds. The summed E-state index contributed by atoms with van der Waals surface area (Å²) >= 11 is 0. The van der Waals surface area contributed by atoms with E-state index >= 15 is 0 Å². The number of hydrogen-bond acceptors (Lipinski definition) is 3. The molecule has 1 saturated carbocycles. The second-order valence-electron chi connectivity index (χ2n) is 7.41. The van der Waals surface area contributed by atoms with E-state index in [1.54, 1.807) is 7.11 Å². The van der Waals surface area contributed by atoms with Crippen molar-refractivity contribution in [2.75, 3.05) is 7.11 Å². The Balaban J connectivity index is 1.81. The van der Waals surface area contributed by atoms with E-state index in [1.807, 2.05) is 13.0 Å². The number of carboxylic acid groups (broad SMARTS) is 1. The lowest BCUT2D eigenvalue weighted by molar-refractivity contribution is -0.142. The van der Waals surface area contributed by atoms with E-state index in [9.17, 15) is 15.0 Å². The van der Waals surface area contributed by atoms with E-state index in [-0.39, 0.29) is 12.3 Å². The molecule has 1 aromatic carbocycles. The molecule has 1 aromatic rings. The van der Waals surface area contributed by atoms with Crippen molar-refractivity contribution in [3.8, 4) is 5.75 Å². The highest BCUT2D eigenvalue weighted by atomic mass is 16.5. The SMILES string of the molecule is COc1ccc2c(c1)CCC([C@@H]1CC[C@H](O)[C@@]1(C)CC(=O)O)C2. The summed E-state index contributed by atoms with van der Waals surface area (Å²) in [6, 6.07) is 6.26. The number of ether oxygens (including phenoxy) is 1. The van der Waals surface area contributed by atoms with Crippen LogP contribution in [0, 0.1) is 17.3 Å². The summed E-state index contributed by atoms with van der Waals surface area (Å²) < 4.78 is 5.30. The van der Waals surface area contributed by atoms with Crippen LogP contribution in [0.3, 0.4) is 0 Å². The summed E-state index contributed by atoms with van der Waals surface area (Å²) in [6.45, 7) is 1.97. The van der Waals surface area contributed by atoms with Gasteiger partial charge in [-0.25, -0.2) is 0 Å². The topological polar surface area (TPSA) is 66.8 Å². The smallest absolute Gasteiger partial charge is 0.304 e. The Labute approximate surface area is 137 Å². The van der Waals surface area contributed by atoms with Crippen LogP contribution in [0.15, 0.2) is 18.2 Å². The fraction of sp³-hybridized carbons (Fsp3) is 0.632. The van der Waals surface area contributed by atoms with Gasteiger partial charge in [0.25, 0.3) is 0 Å². The number of benzene rings is 1. The lowest BCUT2D eigenvalue weighted by atomic mass is 9.65. The molecule has 4 heteroatoms. The van der Waals surface area contributed by atoms with Gasteiger partial charge in [-0.3, -0.25) is 4.79 Å². The lowest BCUT2D eigenvalue weighted by Gasteiger charge is -2.40. The van der Waals surface area contributed by atoms with Crippen LogP contribution in [0.2, 0.25) is 0 Å². The maximum atomic E-state index is 11.3. The van der Waals surface area contributed by atoms with Crippen molar-refractivity contribution in [1.29, 1.82) is 0 Å². The quantitative estimate of drug-likeness (QED) is 0.895. The number of aliphatic hydroxyl groups is 1. The minimum absolute atomic E-state index is 0.0603. The van der Waals surface area contributed by atoms with Gasteiger partial charge in [0, 0.05) is 5.41 Å². The fourth-order valence-corrected chi connectivity index (χ4v) is 4.82. The first-order valence-electron chi connectivity index (χ1n) is 8.49. The van der Waals surface area contributed by atoms with Crippen LogP contribution in [0.1, 0.15) is 43.7 Å². The number of aliphatic carboxylic acids is 1. The predicted octanol–water partition coefficient (Wildman–Crippen LogP) is 3.05. The molecule has 2 aliphatic rings. The number of rotatable bonds is 4. The number of hydrogen-bond donors (Lipinski definition) is 2. The molecule has 23 heavy (non-hydrogen) atoms. The maximum Gasteiger partial charge on any atom is 0.304 e. The molecular weight excluding hydrogens is 292 g/mol. The van der Waals surface area contributed by atoms with Gasteiger partial charge in [0.05, 0.1) is 19.6 Å². The monoisotopic (exact) mass is 318 g/mol. The van der Waals surface area contributed by atoms with Crippen LogP contribution >= 0.6 is 0 Å². The molecule has 3 rings (SSSR count). The Morgan fingerprint density at radius 1 is 1.30 bits per heavy atom. The van der Waals surface area contributed by atoms with Crippen molar-refractivity contribution in [2.45, 2.75) is 51.6 Å². The Kier molecular flexibility index (Phi) is 4.37. The Morgan fingerprint density at radius 2 is 2.09 bits per heavy atom. The number of fused-ring (bicyclic) bond motifs is 1. The van der Waals surface area contributed by atoms with Gasteiger partial charge in [0.2, 0.25) is 0 Å². The van der Waals surface area contributed by atoms with Crippen molar-refractivity contribution < 1.29 is 19.7 Å². The lowest BCUT2D eigenvalue weighted by Crippen LogP contribution is -2.39. The number of methoxy groups -OCH3 is 1. The summed E-state index contributed by atoms with van der Waals surface area (Å²) in [7, 11) is 1.69. The van der Waals surface area contributed by atoms with Crippen molar-refractivity contribution in [2.24, 2.45) is 17.3 Å². The Bertz CT molecular complexity index is 597. The summed E-state index contributed by atoms with van der Waals surface area (Å²) in [5.41, 5.74) is 2.20. The molecule has 0 saturated heterocycles. The van der Waals surface area contributed by atoms with E-state index in [4.69, 9.17) is 4.74 Å². The summed E-state index contributed by atoms with van der Waals surface area (Å²) in [4.78, 5) is 11.3. The van der Waals surface area contributed by atoms with Crippen LogP contribution in [-0.4, -0.2) is 29.4 Å². The van der Waals surface area contributed by atoms with E-state index in [2.05, 4.69) is 12.1 Å². The van der Waals surface area contributed by atoms with E-state index in [0.29, 0.717) is 5.92 Å². The third-order valence-corrected chi connectivity index (χ3v) is 6.14. The van der Waals surface area contributed by atoms with Crippen LogP contribution in [0.25, 0.3) is 0 Å². The van der Waals surface area contributed by atoms with Gasteiger partial charge in [-0.15, -0.1) is 0 Å². The molecule has 1 unspecified atom stereocenters. The fourth-order valence-electron chi connectivity index (χ4n) is 4.82. The highest BCUT2D eigenvalue weighted by Crippen LogP contribution is 2.52. The third kappa shape index (κ3) is 2.97. The molecule has 126 valence electrons. The molecule has 0 aromatic heterocycles. The molecule has 0 heterocycles. The van der Waals surface area contributed by atoms with Crippen molar-refractivity contribution in [3.05, 3.63) is 29.3 Å². The first kappa shape index (κ1) is 16.3. The average molecular weight is 318 g/mol. The van der Waals surface area contributed by atoms with Gasteiger partial charge >= 0.3 is 5.97 Å². The highest BCUT2D eigenvalue weighted by molar-refractivity contribution is 5.68. The minimum atomic E-state index is -0.806. The summed E-state index contributed by atoms with van der Waals surface area (Å²) in [5.74, 6) is 0.829. The van der Waals surface area contributed by atoms with Crippen LogP contribution < -0.4 is 4.74 Å². The number of carboxylic acids is 1. The molecule has 0 aliphatic heterocycles. The largest absolute Gasteiger partial charge is 0.497 e. The van der Waals surface area contributed by atoms with Crippen molar-refractivity contribution in [3.63, 3.8) is 0 Å². The van der Waals surface area contributed by atoms with Crippen molar-refractivity contribution in [1.82, 2.24) is 0 Å². The van der Waals surface area contributed by atoms with Gasteiger partial charge in [-0.2, -0.15) is 0 Å². The predicted molar refractivity (Wildman–Crippen MR) is 87.6 cm³/mol. The first-order chi connectivity index (χ1) is 10.9. The molecule has 0 spiro atoms. The summed E-state index contributed by atoms with van der Waals surface area (Å²) in [5, 5.41) is 19.6. The second kappa shape index (κ2) is 6.16. The Morgan fingerprint density at radius 3 is 2.78 bits per heavy atom. The minimum Gasteiger partial charge on any atom is -0.497 e. The molecule has 2 N–H and O–H groups in total. The zero-order chi connectivity index (χ0) is 16.6. The molecule has 0 radical (unpaired) electrons. The van der Waals surface area contributed by atoms with E-state index in [0.717, 1.165) is 37.9 Å². The van der Waals surface area contributed by atoms with E-state index < -0.39 is 17.5 Å². The molecule has 4 atom stereocenters. The normalized spacial score (nSPS) is 33.3. The van der Waals surface area contributed by atoms with Crippen LogP contribution in [0.4, 0.5) is 0 Å². The van der Waals surface area contributed by atoms with Gasteiger partial charge in [-0.05, 0) is 67.2 Å². The molecule has 0 bridgehead atoms. The van der Waals surface area contributed by atoms with E-state index in [1.165, 1.54) is 11.1 Å². The third-order valence-electron chi connectivity index (χ3n) is 6.14. The second-order valence-corrected chi connectivity index (χ2v) is 7.41. The van der Waals surface area contributed by atoms with Gasteiger partial charge in [-0.1, -0.05) is 13.0 Å². The number of carbonyl (C=O) groups is 1. The molecule has 4 nitrogen and oxygen atoms in total. The van der Waals surface area contributed by atoms with Gasteiger partial charge in [0.1, 0.15) is 5.75 Å². The van der Waals surface area contributed by atoms with Crippen LogP contribution in [0.5, 0.6) is 5.75 Å². The molecule has 2 aliphatic carbocycles. The van der Waals surface area contributed by atoms with Gasteiger partial charge < -0.3 is 14.9 Å². The zero-order valence-electron chi connectivity index (χ0n) is 13.9. The Hall–Kier alpha value is -1.55. The molecular formula is C19H26O4. The number of aryl methyl sites for hydroxylation is 1. The zero-order valence-corrected chi connectivity index (χ0v) is 13.9. The highest BCUT2D eigenvalue weighted by Gasteiger charge is 2.50. The standard InChI is InChI=1S/C19H26O4/c1-19(11-18(21)22)16(7-8-17(19)20)14-4-3-13-10-15(23-2)6-5-12(13)9-14/h5-6,10,14,16-17,20H,3-4,7-9,11H2,1-2H3,(H,21,22)/t14?,16-,17-,19-/m0/s1.